The Bertz CT molecular complexity index is 1510. The first-order chi connectivity index (χ1) is 17.9. The normalized spacial score (nSPS) is 31.4. The van der Waals surface area contributed by atoms with Crippen molar-refractivity contribution < 1.29 is 44.2 Å². The number of rotatable bonds is 3. The number of Topliss-reactive ketones (excluding diaryl/α,β-unsaturated/α-hetero) is 4. The molecule has 2 fully saturated rings. The van der Waals surface area contributed by atoms with Gasteiger partial charge in [-0.05, 0) is 22.8 Å². The van der Waals surface area contributed by atoms with E-state index in [-0.39, 0.29) is 28.0 Å². The van der Waals surface area contributed by atoms with Crippen molar-refractivity contribution in [3.8, 4) is 5.75 Å². The average molecular weight is 520 g/mol. The van der Waals surface area contributed by atoms with Crippen LogP contribution in [-0.2, 0) is 19.2 Å². The standard InChI is InChI=1S/C26H20N2O10/c27-25(35)19-16(30)9-14-21(31)18-13(8-10-3-1-4-11(7-10)28(37)38)12-5-2-6-15(29)17(12)22(32)20(18)24(34)26(14,36)23(19)33/h1-8,14,18-21,29,31,36H,9H2,(H2,27,35)/t14-,18-,19?,20?,21-,26-/m1/s1. The third kappa shape index (κ3) is 3.34. The monoisotopic (exact) mass is 520 g/mol. The Kier molecular flexibility index (Phi) is 5.62. The predicted octanol–water partition coefficient (Wildman–Crippen LogP) is 0.204. The SMILES string of the molecule is NC(=O)C1C(=O)C[C@@H]2[C@@H](O)[C@@H]3C(=Cc4cccc([N+](=O)[O-])c4)c4cccc(O)c4C(=O)C3C(=O)[C@]2(O)C1=O. The molecule has 12 heteroatoms. The van der Waals surface area contributed by atoms with E-state index in [4.69, 9.17) is 5.73 Å². The molecule has 12 nitrogen and oxygen atoms in total. The predicted molar refractivity (Wildman–Crippen MR) is 127 cm³/mol. The number of aliphatic hydroxyl groups is 2. The number of amides is 1. The molecule has 6 atom stereocenters. The number of nitrogens with zero attached hydrogens (tertiary/aromatic N) is 1. The molecule has 38 heavy (non-hydrogen) atoms. The van der Waals surface area contributed by atoms with Gasteiger partial charge < -0.3 is 21.1 Å². The van der Waals surface area contributed by atoms with Gasteiger partial charge in [0.15, 0.2) is 34.7 Å². The fourth-order valence-electron chi connectivity index (χ4n) is 5.94. The molecular formula is C26H20N2O10. The summed E-state index contributed by atoms with van der Waals surface area (Å²) in [5.74, 6) is -13.7. The van der Waals surface area contributed by atoms with Crippen LogP contribution in [0.1, 0.15) is 27.9 Å². The van der Waals surface area contributed by atoms with Crippen LogP contribution in [0, 0.1) is 33.8 Å². The van der Waals surface area contributed by atoms with Crippen molar-refractivity contribution in [3.05, 3.63) is 69.3 Å². The molecule has 3 aliphatic rings. The van der Waals surface area contributed by atoms with E-state index in [0.29, 0.717) is 0 Å². The number of carbonyl (C=O) groups is 5. The molecule has 0 aromatic heterocycles. The van der Waals surface area contributed by atoms with Crippen molar-refractivity contribution in [2.75, 3.05) is 0 Å². The van der Waals surface area contributed by atoms with Gasteiger partial charge in [0.2, 0.25) is 5.91 Å². The zero-order chi connectivity index (χ0) is 27.7. The summed E-state index contributed by atoms with van der Waals surface area (Å²) in [6.07, 6.45) is -1.15. The fraction of sp³-hybridized carbons (Fsp3) is 0.269. The number of nitro groups is 1. The maximum atomic E-state index is 13.8. The minimum Gasteiger partial charge on any atom is -0.507 e. The number of aliphatic hydroxyl groups excluding tert-OH is 1. The molecule has 0 radical (unpaired) electrons. The third-order valence-corrected chi connectivity index (χ3v) is 7.64. The van der Waals surface area contributed by atoms with E-state index in [1.165, 1.54) is 48.5 Å². The second kappa shape index (κ2) is 8.50. The molecule has 0 saturated heterocycles. The lowest BCUT2D eigenvalue weighted by molar-refractivity contribution is -0.384. The summed E-state index contributed by atoms with van der Waals surface area (Å²) in [4.78, 5) is 75.5. The van der Waals surface area contributed by atoms with E-state index in [1.54, 1.807) is 0 Å². The van der Waals surface area contributed by atoms with Crippen LogP contribution in [0.25, 0.3) is 11.6 Å². The summed E-state index contributed by atoms with van der Waals surface area (Å²) in [6.45, 7) is 0. The van der Waals surface area contributed by atoms with Crippen LogP contribution in [0.2, 0.25) is 0 Å². The Morgan fingerprint density at radius 1 is 1.11 bits per heavy atom. The zero-order valence-corrected chi connectivity index (χ0v) is 19.4. The molecule has 3 aliphatic carbocycles. The fourth-order valence-corrected chi connectivity index (χ4v) is 5.94. The van der Waals surface area contributed by atoms with Crippen molar-refractivity contribution in [1.82, 2.24) is 0 Å². The minimum atomic E-state index is -3.05. The van der Waals surface area contributed by atoms with Gasteiger partial charge in [0.1, 0.15) is 5.75 Å². The number of hydrogen-bond donors (Lipinski definition) is 4. The highest BCUT2D eigenvalue weighted by Gasteiger charge is 2.69. The second-order valence-corrected chi connectivity index (χ2v) is 9.62. The number of nitro benzene ring substituents is 1. The Labute approximate surface area is 213 Å². The maximum absolute atomic E-state index is 13.8. The molecule has 0 spiro atoms. The molecule has 0 aliphatic heterocycles. The number of non-ortho nitro benzene ring substituents is 1. The molecule has 5 N–H and O–H groups in total. The Balaban J connectivity index is 1.75. The molecule has 2 aromatic carbocycles. The lowest BCUT2D eigenvalue weighted by Crippen LogP contribution is -2.72. The van der Waals surface area contributed by atoms with Gasteiger partial charge in [-0.3, -0.25) is 34.1 Å². The summed E-state index contributed by atoms with van der Waals surface area (Å²) in [7, 11) is 0. The minimum absolute atomic E-state index is 0.126. The average Bonchev–Trinajstić information content (AvgIpc) is 2.86. The van der Waals surface area contributed by atoms with Crippen LogP contribution in [0.5, 0.6) is 5.75 Å². The number of primary amides is 1. The number of aromatic hydroxyl groups is 1. The number of phenolic OH excluding ortho intramolecular Hbond substituents is 1. The van der Waals surface area contributed by atoms with Crippen molar-refractivity contribution in [1.29, 1.82) is 0 Å². The van der Waals surface area contributed by atoms with Gasteiger partial charge in [0.05, 0.1) is 22.5 Å². The van der Waals surface area contributed by atoms with Gasteiger partial charge >= 0.3 is 0 Å². The highest BCUT2D eigenvalue weighted by molar-refractivity contribution is 6.32. The quantitative estimate of drug-likeness (QED) is 0.245. The van der Waals surface area contributed by atoms with E-state index >= 15 is 0 Å². The number of fused-ring (bicyclic) bond motifs is 3. The lowest BCUT2D eigenvalue weighted by Gasteiger charge is -2.51. The largest absolute Gasteiger partial charge is 0.507 e. The molecule has 2 saturated carbocycles. The van der Waals surface area contributed by atoms with Gasteiger partial charge in [0, 0.05) is 30.4 Å². The molecule has 2 aromatic rings. The van der Waals surface area contributed by atoms with Crippen molar-refractivity contribution in [2.45, 2.75) is 18.1 Å². The van der Waals surface area contributed by atoms with Crippen molar-refractivity contribution in [2.24, 2.45) is 29.4 Å². The van der Waals surface area contributed by atoms with Crippen molar-refractivity contribution in [3.63, 3.8) is 0 Å². The third-order valence-electron chi connectivity index (χ3n) is 7.64. The molecule has 0 bridgehead atoms. The number of benzene rings is 2. The smallest absolute Gasteiger partial charge is 0.270 e. The Hall–Kier alpha value is -4.55. The molecular weight excluding hydrogens is 500 g/mol. The molecule has 5 rings (SSSR count). The van der Waals surface area contributed by atoms with E-state index in [9.17, 15) is 49.4 Å². The van der Waals surface area contributed by atoms with Gasteiger partial charge in [0.25, 0.3) is 5.69 Å². The van der Waals surface area contributed by atoms with E-state index in [2.05, 4.69) is 0 Å². The van der Waals surface area contributed by atoms with Crippen LogP contribution in [0.15, 0.2) is 42.5 Å². The van der Waals surface area contributed by atoms with Crippen molar-refractivity contribution >= 4 is 46.4 Å². The number of phenols is 1. The van der Waals surface area contributed by atoms with E-state index in [0.717, 1.165) is 0 Å². The molecule has 0 heterocycles. The summed E-state index contributed by atoms with van der Waals surface area (Å²) in [6, 6.07) is 9.44. The van der Waals surface area contributed by atoms with Gasteiger partial charge in [-0.2, -0.15) is 0 Å². The number of carbonyl (C=O) groups excluding carboxylic acids is 5. The number of nitrogens with two attached hydrogens (primary N) is 1. The Morgan fingerprint density at radius 2 is 1.79 bits per heavy atom. The summed E-state index contributed by atoms with van der Waals surface area (Å²) < 4.78 is 0. The van der Waals surface area contributed by atoms with E-state index in [1.807, 2.05) is 0 Å². The second-order valence-electron chi connectivity index (χ2n) is 9.62. The highest BCUT2D eigenvalue weighted by Crippen LogP contribution is 2.54. The molecule has 1 amide bonds. The van der Waals surface area contributed by atoms with Crippen LogP contribution in [-0.4, -0.2) is 61.0 Å². The first-order valence-electron chi connectivity index (χ1n) is 11.5. The van der Waals surface area contributed by atoms with Crippen LogP contribution < -0.4 is 5.73 Å². The number of hydrogen-bond acceptors (Lipinski definition) is 10. The molecule has 2 unspecified atom stereocenters. The Morgan fingerprint density at radius 3 is 2.45 bits per heavy atom. The first-order valence-corrected chi connectivity index (χ1v) is 11.5. The zero-order valence-electron chi connectivity index (χ0n) is 19.4. The summed E-state index contributed by atoms with van der Waals surface area (Å²) >= 11 is 0. The topological polar surface area (TPSA) is 215 Å². The highest BCUT2D eigenvalue weighted by atomic mass is 16.6. The lowest BCUT2D eigenvalue weighted by atomic mass is 9.51. The number of ketones is 4. The summed E-state index contributed by atoms with van der Waals surface area (Å²) in [5, 5.41) is 44.6. The maximum Gasteiger partial charge on any atom is 0.270 e. The van der Waals surface area contributed by atoms with Crippen LogP contribution >= 0.6 is 0 Å². The van der Waals surface area contributed by atoms with Gasteiger partial charge in [-0.25, -0.2) is 0 Å². The first kappa shape index (κ1) is 25.1. The van der Waals surface area contributed by atoms with Crippen LogP contribution in [0.3, 0.4) is 0 Å². The van der Waals surface area contributed by atoms with Gasteiger partial charge in [-0.15, -0.1) is 0 Å². The molecule has 194 valence electrons. The van der Waals surface area contributed by atoms with E-state index < -0.39 is 81.5 Å². The summed E-state index contributed by atoms with van der Waals surface area (Å²) in [5.41, 5.74) is 2.07. The van der Waals surface area contributed by atoms with Crippen LogP contribution in [0.4, 0.5) is 5.69 Å². The van der Waals surface area contributed by atoms with Gasteiger partial charge in [-0.1, -0.05) is 30.3 Å².